The Morgan fingerprint density at radius 2 is 1.77 bits per heavy atom. The molecule has 1 heterocycles. The van der Waals surface area contributed by atoms with E-state index in [0.29, 0.717) is 31.7 Å². The van der Waals surface area contributed by atoms with Gasteiger partial charge in [-0.2, -0.15) is 0 Å². The van der Waals surface area contributed by atoms with Crippen molar-refractivity contribution in [2.24, 2.45) is 5.73 Å². The van der Waals surface area contributed by atoms with E-state index < -0.39 is 17.6 Å². The number of nitrogens with two attached hydrogens (primary N) is 1. The first kappa shape index (κ1) is 23.7. The Morgan fingerprint density at radius 3 is 2.32 bits per heavy atom. The van der Waals surface area contributed by atoms with Crippen molar-refractivity contribution in [2.45, 2.75) is 76.7 Å². The molecule has 1 atom stereocenters. The molecule has 0 unspecified atom stereocenters. The van der Waals surface area contributed by atoms with Crippen LogP contribution in [0.4, 0.5) is 5.69 Å². The van der Waals surface area contributed by atoms with Crippen molar-refractivity contribution < 1.29 is 19.1 Å². The second kappa shape index (κ2) is 10.1. The maximum absolute atomic E-state index is 12.8. The SMILES string of the molecule is COC1CCC(N2CCN(c3ccc(C[C@H](N)C(=O)OC(C)(C)C)cc3)C(=O)C2)CC1. The van der Waals surface area contributed by atoms with Crippen molar-refractivity contribution in [1.29, 1.82) is 0 Å². The lowest BCUT2D eigenvalue weighted by atomic mass is 9.91. The molecule has 3 rings (SSSR count). The number of esters is 1. The van der Waals surface area contributed by atoms with E-state index in [1.807, 2.05) is 49.9 Å². The molecule has 31 heavy (non-hydrogen) atoms. The zero-order chi connectivity index (χ0) is 22.6. The van der Waals surface area contributed by atoms with Crippen molar-refractivity contribution in [3.8, 4) is 0 Å². The minimum Gasteiger partial charge on any atom is -0.459 e. The largest absolute Gasteiger partial charge is 0.459 e. The van der Waals surface area contributed by atoms with E-state index in [0.717, 1.165) is 43.5 Å². The van der Waals surface area contributed by atoms with E-state index >= 15 is 0 Å². The van der Waals surface area contributed by atoms with Crippen LogP contribution in [-0.2, 0) is 25.5 Å². The van der Waals surface area contributed by atoms with Gasteiger partial charge in [-0.3, -0.25) is 14.5 Å². The highest BCUT2D eigenvalue weighted by molar-refractivity contribution is 5.95. The maximum atomic E-state index is 12.8. The molecule has 2 fully saturated rings. The minimum absolute atomic E-state index is 0.137. The van der Waals surface area contributed by atoms with Gasteiger partial charge in [0.25, 0.3) is 0 Å². The molecule has 1 aromatic carbocycles. The molecule has 0 bridgehead atoms. The van der Waals surface area contributed by atoms with E-state index in [9.17, 15) is 9.59 Å². The number of carbonyl (C=O) groups is 2. The first-order valence-electron chi connectivity index (χ1n) is 11.3. The summed E-state index contributed by atoms with van der Waals surface area (Å²) < 4.78 is 10.8. The number of carbonyl (C=O) groups excluding carboxylic acids is 2. The maximum Gasteiger partial charge on any atom is 0.323 e. The van der Waals surface area contributed by atoms with Crippen LogP contribution in [0.25, 0.3) is 0 Å². The van der Waals surface area contributed by atoms with Crippen molar-refractivity contribution in [3.63, 3.8) is 0 Å². The van der Waals surface area contributed by atoms with Crippen molar-refractivity contribution in [2.75, 3.05) is 31.6 Å². The topological polar surface area (TPSA) is 85.1 Å². The summed E-state index contributed by atoms with van der Waals surface area (Å²) in [6, 6.07) is 7.53. The third-order valence-electron chi connectivity index (χ3n) is 6.16. The molecule has 0 spiro atoms. The van der Waals surface area contributed by atoms with Gasteiger partial charge in [-0.1, -0.05) is 12.1 Å². The molecular formula is C24H37N3O4. The fraction of sp³-hybridized carbons (Fsp3) is 0.667. The average molecular weight is 432 g/mol. The van der Waals surface area contributed by atoms with Crippen LogP contribution < -0.4 is 10.6 Å². The number of ether oxygens (including phenoxy) is 2. The summed E-state index contributed by atoms with van der Waals surface area (Å²) in [5, 5.41) is 0. The molecular weight excluding hydrogens is 394 g/mol. The molecule has 7 nitrogen and oxygen atoms in total. The molecule has 0 radical (unpaired) electrons. The third kappa shape index (κ3) is 6.51. The molecule has 1 amide bonds. The van der Waals surface area contributed by atoms with E-state index in [1.165, 1.54) is 0 Å². The number of hydrogen-bond acceptors (Lipinski definition) is 6. The highest BCUT2D eigenvalue weighted by atomic mass is 16.6. The Hall–Kier alpha value is -1.96. The zero-order valence-corrected chi connectivity index (χ0v) is 19.3. The van der Waals surface area contributed by atoms with Crippen LogP contribution in [0.15, 0.2) is 24.3 Å². The number of anilines is 1. The number of benzene rings is 1. The zero-order valence-electron chi connectivity index (χ0n) is 19.3. The predicted molar refractivity (Wildman–Crippen MR) is 121 cm³/mol. The monoisotopic (exact) mass is 431 g/mol. The van der Waals surface area contributed by atoms with Crippen LogP contribution in [0.5, 0.6) is 0 Å². The van der Waals surface area contributed by atoms with Gasteiger partial charge in [0.2, 0.25) is 5.91 Å². The molecule has 0 aromatic heterocycles. The average Bonchev–Trinajstić information content (AvgIpc) is 2.73. The minimum atomic E-state index is -0.705. The standard InChI is InChI=1S/C24H37N3O4/c1-24(2,3)31-23(29)21(25)15-17-5-7-19(8-6-17)27-14-13-26(16-22(27)28)18-9-11-20(30-4)12-10-18/h5-8,18,20-21H,9-16,25H2,1-4H3/t18?,20?,21-/m0/s1. The van der Waals surface area contributed by atoms with Crippen LogP contribution in [0.3, 0.4) is 0 Å². The van der Waals surface area contributed by atoms with Gasteiger partial charge in [0.05, 0.1) is 12.6 Å². The normalized spacial score (nSPS) is 24.2. The van der Waals surface area contributed by atoms with Crippen LogP contribution in [0, 0.1) is 0 Å². The molecule has 2 aliphatic rings. The Morgan fingerprint density at radius 1 is 1.13 bits per heavy atom. The molecule has 7 heteroatoms. The van der Waals surface area contributed by atoms with E-state index in [2.05, 4.69) is 4.90 Å². The fourth-order valence-corrected chi connectivity index (χ4v) is 4.45. The molecule has 1 saturated heterocycles. The lowest BCUT2D eigenvalue weighted by Gasteiger charge is -2.41. The van der Waals surface area contributed by atoms with Gasteiger partial charge in [-0.05, 0) is 70.6 Å². The summed E-state index contributed by atoms with van der Waals surface area (Å²) >= 11 is 0. The summed E-state index contributed by atoms with van der Waals surface area (Å²) in [6.07, 6.45) is 5.11. The first-order chi connectivity index (χ1) is 14.7. The second-order valence-corrected chi connectivity index (χ2v) is 9.69. The smallest absolute Gasteiger partial charge is 0.323 e. The number of rotatable bonds is 6. The molecule has 172 valence electrons. The first-order valence-corrected chi connectivity index (χ1v) is 11.3. The number of methoxy groups -OCH3 is 1. The van der Waals surface area contributed by atoms with Crippen LogP contribution in [0.1, 0.15) is 52.0 Å². The Kier molecular flexibility index (Phi) is 7.73. The van der Waals surface area contributed by atoms with Crippen LogP contribution >= 0.6 is 0 Å². The van der Waals surface area contributed by atoms with E-state index in [-0.39, 0.29) is 5.91 Å². The van der Waals surface area contributed by atoms with Crippen molar-refractivity contribution >= 4 is 17.6 Å². The molecule has 1 aliphatic carbocycles. The molecule has 1 aliphatic heterocycles. The Labute approximate surface area is 185 Å². The van der Waals surface area contributed by atoms with Gasteiger partial charge in [0.1, 0.15) is 11.6 Å². The lowest BCUT2D eigenvalue weighted by Crippen LogP contribution is -2.54. The highest BCUT2D eigenvalue weighted by Crippen LogP contribution is 2.27. The van der Waals surface area contributed by atoms with E-state index in [4.69, 9.17) is 15.2 Å². The van der Waals surface area contributed by atoms with E-state index in [1.54, 1.807) is 7.11 Å². The van der Waals surface area contributed by atoms with Gasteiger partial charge >= 0.3 is 5.97 Å². The van der Waals surface area contributed by atoms with Gasteiger partial charge in [0, 0.05) is 31.9 Å². The summed E-state index contributed by atoms with van der Waals surface area (Å²) in [7, 11) is 1.78. The summed E-state index contributed by atoms with van der Waals surface area (Å²) in [5.41, 5.74) is 7.30. The number of nitrogens with zero attached hydrogens (tertiary/aromatic N) is 2. The van der Waals surface area contributed by atoms with Gasteiger partial charge < -0.3 is 20.1 Å². The lowest BCUT2D eigenvalue weighted by molar-refractivity contribution is -0.156. The second-order valence-electron chi connectivity index (χ2n) is 9.69. The summed E-state index contributed by atoms with van der Waals surface area (Å²) in [5.74, 6) is -0.263. The highest BCUT2D eigenvalue weighted by Gasteiger charge is 2.32. The molecule has 1 saturated carbocycles. The van der Waals surface area contributed by atoms with Gasteiger partial charge in [-0.25, -0.2) is 0 Å². The number of piperazine rings is 1. The third-order valence-corrected chi connectivity index (χ3v) is 6.16. The Bertz CT molecular complexity index is 751. The molecule has 1 aromatic rings. The van der Waals surface area contributed by atoms with Crippen LogP contribution in [0.2, 0.25) is 0 Å². The fourth-order valence-electron chi connectivity index (χ4n) is 4.45. The van der Waals surface area contributed by atoms with Crippen molar-refractivity contribution in [3.05, 3.63) is 29.8 Å². The summed E-state index contributed by atoms with van der Waals surface area (Å²) in [6.45, 7) is 7.53. The van der Waals surface area contributed by atoms with Gasteiger partial charge in [0.15, 0.2) is 0 Å². The molecule has 2 N–H and O–H groups in total. The van der Waals surface area contributed by atoms with Crippen molar-refractivity contribution in [1.82, 2.24) is 4.90 Å². The Balaban J connectivity index is 1.52. The number of hydrogen-bond donors (Lipinski definition) is 1. The summed E-state index contributed by atoms with van der Waals surface area (Å²) in [4.78, 5) is 29.1. The van der Waals surface area contributed by atoms with Crippen LogP contribution in [-0.4, -0.2) is 67.3 Å². The predicted octanol–water partition coefficient (Wildman–Crippen LogP) is 2.50. The quantitative estimate of drug-likeness (QED) is 0.697. The van der Waals surface area contributed by atoms with Gasteiger partial charge in [-0.15, -0.1) is 0 Å². The number of amides is 1.